The normalized spacial score (nSPS) is 17.3. The van der Waals surface area contributed by atoms with Crippen molar-refractivity contribution < 1.29 is 43.2 Å². The molecule has 0 radical (unpaired) electrons. The quantitative estimate of drug-likeness (QED) is 0.159. The molecule has 0 spiro atoms. The summed E-state index contributed by atoms with van der Waals surface area (Å²) in [4.78, 5) is 45.4. The lowest BCUT2D eigenvalue weighted by Crippen LogP contribution is -2.29. The molecule has 0 aliphatic carbocycles. The number of amides is 1. The highest BCUT2D eigenvalue weighted by molar-refractivity contribution is 7.17. The topological polar surface area (TPSA) is 134 Å². The Morgan fingerprint density at radius 1 is 1.07 bits per heavy atom. The van der Waals surface area contributed by atoms with Crippen molar-refractivity contribution in [3.63, 3.8) is 0 Å². The number of thiazole rings is 1. The molecule has 1 saturated heterocycles. The molecule has 220 valence electrons. The lowest BCUT2D eigenvalue weighted by molar-refractivity contribution is -0.132. The first-order valence-electron chi connectivity index (χ1n) is 13.4. The van der Waals surface area contributed by atoms with E-state index in [1.54, 1.807) is 43.3 Å². The van der Waals surface area contributed by atoms with E-state index in [2.05, 4.69) is 4.98 Å². The van der Waals surface area contributed by atoms with E-state index < -0.39 is 29.5 Å². The molecular formula is C30H30N2O9S. The van der Waals surface area contributed by atoms with Gasteiger partial charge in [-0.25, -0.2) is 9.78 Å². The molecule has 0 saturated carbocycles. The second-order valence-corrected chi connectivity index (χ2v) is 10.4. The Morgan fingerprint density at radius 3 is 2.55 bits per heavy atom. The van der Waals surface area contributed by atoms with Gasteiger partial charge in [-0.1, -0.05) is 24.3 Å². The molecule has 1 amide bonds. The number of hydrogen-bond acceptors (Lipinski definition) is 11. The summed E-state index contributed by atoms with van der Waals surface area (Å²) in [6.07, 6.45) is 0.787. The van der Waals surface area contributed by atoms with Gasteiger partial charge in [0.2, 0.25) is 0 Å². The molecule has 42 heavy (non-hydrogen) atoms. The van der Waals surface area contributed by atoms with Gasteiger partial charge < -0.3 is 28.8 Å². The van der Waals surface area contributed by atoms with Crippen LogP contribution in [0.25, 0.3) is 5.76 Å². The molecule has 5 rings (SSSR count). The lowest BCUT2D eigenvalue weighted by atomic mass is 9.95. The summed E-state index contributed by atoms with van der Waals surface area (Å²) in [5, 5.41) is 11.7. The number of aliphatic hydroxyl groups is 1. The molecule has 2 aliphatic rings. The van der Waals surface area contributed by atoms with Crippen LogP contribution in [0.4, 0.5) is 5.13 Å². The van der Waals surface area contributed by atoms with Crippen LogP contribution in [0.2, 0.25) is 0 Å². The van der Waals surface area contributed by atoms with Crippen molar-refractivity contribution >= 4 is 39.9 Å². The van der Waals surface area contributed by atoms with E-state index in [-0.39, 0.29) is 21.1 Å². The number of aromatic nitrogens is 1. The van der Waals surface area contributed by atoms with E-state index in [0.29, 0.717) is 60.7 Å². The van der Waals surface area contributed by atoms with Gasteiger partial charge in [0.05, 0.1) is 37.6 Å². The van der Waals surface area contributed by atoms with Gasteiger partial charge in [0, 0.05) is 5.56 Å². The van der Waals surface area contributed by atoms with Crippen molar-refractivity contribution in [3.05, 3.63) is 63.7 Å². The molecule has 1 N–H and O–H groups in total. The Kier molecular flexibility index (Phi) is 8.34. The summed E-state index contributed by atoms with van der Waals surface area (Å²) in [6, 6.07) is 8.76. The van der Waals surface area contributed by atoms with Crippen LogP contribution in [0.15, 0.2) is 42.0 Å². The molecule has 3 aromatic rings. The van der Waals surface area contributed by atoms with Crippen LogP contribution in [0.5, 0.6) is 23.0 Å². The number of Topliss-reactive ketones (excluding diaryl/α,β-unsaturated/α-hetero) is 1. The molecule has 0 unspecified atom stereocenters. The summed E-state index contributed by atoms with van der Waals surface area (Å²) in [7, 11) is 1.25. The largest absolute Gasteiger partial charge is 0.507 e. The summed E-state index contributed by atoms with van der Waals surface area (Å²) in [6.45, 7) is 6.97. The first kappa shape index (κ1) is 28.9. The summed E-state index contributed by atoms with van der Waals surface area (Å²) in [5.74, 6) is -1.00. The van der Waals surface area contributed by atoms with Crippen LogP contribution in [-0.2, 0) is 14.3 Å². The van der Waals surface area contributed by atoms with E-state index in [4.69, 9.17) is 23.7 Å². The standard InChI is InChI=1S/C30H30N2O9S/c1-5-11-39-19-9-7-17(14-21(19)38-6-2)24-23(25(33)18-8-10-20-22(15-18)41-13-12-40-20)26(34)28(35)32(24)30-31-16(3)27(42-30)29(36)37-4/h7-10,14-15,24,33H,5-6,11-13H2,1-4H3/b25-23+/t24-/m0/s1. The minimum Gasteiger partial charge on any atom is -0.507 e. The Balaban J connectivity index is 1.70. The molecule has 1 aromatic heterocycles. The van der Waals surface area contributed by atoms with Crippen LogP contribution in [0, 0.1) is 6.92 Å². The Hall–Kier alpha value is -4.58. The van der Waals surface area contributed by atoms with Gasteiger partial charge in [-0.3, -0.25) is 14.5 Å². The van der Waals surface area contributed by atoms with Gasteiger partial charge in [-0.05, 0) is 56.2 Å². The van der Waals surface area contributed by atoms with Crippen molar-refractivity contribution in [2.45, 2.75) is 33.2 Å². The van der Waals surface area contributed by atoms with Crippen LogP contribution in [-0.4, -0.2) is 61.3 Å². The number of anilines is 1. The van der Waals surface area contributed by atoms with Gasteiger partial charge in [0.25, 0.3) is 5.78 Å². The number of carbonyl (C=O) groups excluding carboxylic acids is 3. The van der Waals surface area contributed by atoms with E-state index in [1.165, 1.54) is 12.0 Å². The number of carbonyl (C=O) groups is 3. The smallest absolute Gasteiger partial charge is 0.350 e. The number of methoxy groups -OCH3 is 1. The maximum absolute atomic E-state index is 13.6. The van der Waals surface area contributed by atoms with E-state index >= 15 is 0 Å². The number of benzene rings is 2. The number of fused-ring (bicyclic) bond motifs is 1. The minimum atomic E-state index is -1.10. The van der Waals surface area contributed by atoms with Gasteiger partial charge in [0.1, 0.15) is 23.9 Å². The van der Waals surface area contributed by atoms with Gasteiger partial charge >= 0.3 is 11.9 Å². The predicted octanol–water partition coefficient (Wildman–Crippen LogP) is 4.82. The zero-order chi connectivity index (χ0) is 30.0. The number of esters is 1. The summed E-state index contributed by atoms with van der Waals surface area (Å²) in [5.41, 5.74) is 0.912. The maximum atomic E-state index is 13.6. The van der Waals surface area contributed by atoms with Crippen LogP contribution >= 0.6 is 11.3 Å². The summed E-state index contributed by atoms with van der Waals surface area (Å²) < 4.78 is 27.8. The second kappa shape index (κ2) is 12.1. The molecule has 0 bridgehead atoms. The fourth-order valence-corrected chi connectivity index (χ4v) is 5.76. The number of nitrogens with zero attached hydrogens (tertiary/aromatic N) is 2. The van der Waals surface area contributed by atoms with Crippen molar-refractivity contribution in [1.82, 2.24) is 4.98 Å². The van der Waals surface area contributed by atoms with Gasteiger partial charge in [-0.2, -0.15) is 0 Å². The molecular weight excluding hydrogens is 564 g/mol. The molecule has 12 heteroatoms. The van der Waals surface area contributed by atoms with Crippen LogP contribution in [0.1, 0.15) is 52.8 Å². The zero-order valence-electron chi connectivity index (χ0n) is 23.6. The molecule has 2 aliphatic heterocycles. The molecule has 1 atom stereocenters. The van der Waals surface area contributed by atoms with Crippen LogP contribution < -0.4 is 23.8 Å². The Morgan fingerprint density at radius 2 is 1.83 bits per heavy atom. The van der Waals surface area contributed by atoms with E-state index in [9.17, 15) is 19.5 Å². The van der Waals surface area contributed by atoms with Crippen molar-refractivity contribution in [3.8, 4) is 23.0 Å². The number of aryl methyl sites for hydroxylation is 1. The van der Waals surface area contributed by atoms with E-state index in [0.717, 1.165) is 17.8 Å². The number of rotatable bonds is 9. The van der Waals surface area contributed by atoms with Gasteiger partial charge in [0.15, 0.2) is 28.1 Å². The monoisotopic (exact) mass is 594 g/mol. The number of ketones is 1. The number of hydrogen-bond donors (Lipinski definition) is 1. The third-order valence-corrected chi connectivity index (χ3v) is 7.80. The molecule has 2 aromatic carbocycles. The molecule has 11 nitrogen and oxygen atoms in total. The van der Waals surface area contributed by atoms with Crippen molar-refractivity contribution in [1.29, 1.82) is 0 Å². The predicted molar refractivity (Wildman–Crippen MR) is 154 cm³/mol. The second-order valence-electron chi connectivity index (χ2n) is 9.42. The maximum Gasteiger partial charge on any atom is 0.350 e. The van der Waals surface area contributed by atoms with Crippen molar-refractivity contribution in [2.75, 3.05) is 38.4 Å². The Bertz CT molecular complexity index is 1580. The van der Waals surface area contributed by atoms with Crippen LogP contribution in [0.3, 0.4) is 0 Å². The lowest BCUT2D eigenvalue weighted by Gasteiger charge is -2.24. The third-order valence-electron chi connectivity index (χ3n) is 6.67. The average molecular weight is 595 g/mol. The first-order valence-corrected chi connectivity index (χ1v) is 14.3. The van der Waals surface area contributed by atoms with Gasteiger partial charge in [-0.15, -0.1) is 0 Å². The van der Waals surface area contributed by atoms with E-state index in [1.807, 2.05) is 13.8 Å². The average Bonchev–Trinajstić information content (AvgIpc) is 3.51. The minimum absolute atomic E-state index is 0.102. The first-order chi connectivity index (χ1) is 20.3. The molecule has 1 fully saturated rings. The number of ether oxygens (including phenoxy) is 5. The molecule has 3 heterocycles. The fraction of sp³-hybridized carbons (Fsp3) is 0.333. The zero-order valence-corrected chi connectivity index (χ0v) is 24.4. The Labute approximate surface area is 246 Å². The summed E-state index contributed by atoms with van der Waals surface area (Å²) >= 11 is 0.921. The SMILES string of the molecule is CCCOc1ccc([C@H]2/C(=C(\O)c3ccc4c(c3)OCCO4)C(=O)C(=O)N2c2nc(C)c(C(=O)OC)s2)cc1OCC. The highest BCUT2D eigenvalue weighted by Crippen LogP contribution is 2.46. The highest BCUT2D eigenvalue weighted by atomic mass is 32.1. The fourth-order valence-electron chi connectivity index (χ4n) is 4.75. The van der Waals surface area contributed by atoms with Crippen molar-refractivity contribution in [2.24, 2.45) is 0 Å². The third kappa shape index (κ3) is 5.25. The highest BCUT2D eigenvalue weighted by Gasteiger charge is 2.48. The number of aliphatic hydroxyl groups excluding tert-OH is 1.